The summed E-state index contributed by atoms with van der Waals surface area (Å²) in [6.45, 7) is 13.9. The maximum absolute atomic E-state index is 13.6. The van der Waals surface area contributed by atoms with Crippen LogP contribution in [0.15, 0.2) is 22.8 Å². The summed E-state index contributed by atoms with van der Waals surface area (Å²) in [6, 6.07) is 2.83. The lowest BCUT2D eigenvalue weighted by Crippen LogP contribution is -2.43. The minimum absolute atomic E-state index is 0.108. The Hall–Kier alpha value is -2.83. The predicted octanol–water partition coefficient (Wildman–Crippen LogP) is 4.54. The standard InChI is InChI=1S/C24H34N2O5/c1-8-25-17(6)21(16(5)22(25)24(29)30-9-2)23(28)18(7)26(20(27)13-15(3)4)14-19-11-10-12-31-19/h10-12,15,18H,8-9,13-14H2,1-7H3. The lowest BCUT2D eigenvalue weighted by Gasteiger charge is -2.28. The summed E-state index contributed by atoms with van der Waals surface area (Å²) in [7, 11) is 0. The molecule has 2 aromatic rings. The largest absolute Gasteiger partial charge is 0.467 e. The molecule has 0 saturated carbocycles. The van der Waals surface area contributed by atoms with Crippen LogP contribution in [0.2, 0.25) is 0 Å². The van der Waals surface area contributed by atoms with Crippen molar-refractivity contribution in [3.8, 4) is 0 Å². The van der Waals surface area contributed by atoms with Gasteiger partial charge < -0.3 is 18.6 Å². The van der Waals surface area contributed by atoms with Crippen molar-refractivity contribution in [1.82, 2.24) is 9.47 Å². The van der Waals surface area contributed by atoms with Gasteiger partial charge in [-0.3, -0.25) is 9.59 Å². The highest BCUT2D eigenvalue weighted by molar-refractivity contribution is 6.06. The Morgan fingerprint density at radius 2 is 1.84 bits per heavy atom. The SMILES string of the molecule is CCOC(=O)c1c(C)c(C(=O)C(C)N(Cc2ccco2)C(=O)CC(C)C)c(C)n1CC. The van der Waals surface area contributed by atoms with Crippen molar-refractivity contribution in [3.63, 3.8) is 0 Å². The molecule has 0 N–H and O–H groups in total. The number of rotatable bonds is 10. The normalized spacial score (nSPS) is 12.1. The fraction of sp³-hybridized carbons (Fsp3) is 0.542. The third-order valence-corrected chi connectivity index (χ3v) is 5.45. The van der Waals surface area contributed by atoms with Gasteiger partial charge in [-0.05, 0) is 58.2 Å². The first-order chi connectivity index (χ1) is 14.6. The van der Waals surface area contributed by atoms with Crippen molar-refractivity contribution in [2.24, 2.45) is 5.92 Å². The number of Topliss-reactive ketones (excluding diaryl/α,β-unsaturated/α-hetero) is 1. The molecule has 0 radical (unpaired) electrons. The number of aromatic nitrogens is 1. The molecule has 0 fully saturated rings. The molecule has 170 valence electrons. The topological polar surface area (TPSA) is 81.8 Å². The summed E-state index contributed by atoms with van der Waals surface area (Å²) in [5.74, 6) is 0.0250. The van der Waals surface area contributed by atoms with Gasteiger partial charge in [0.1, 0.15) is 11.5 Å². The Morgan fingerprint density at radius 3 is 2.35 bits per heavy atom. The molecule has 7 nitrogen and oxygen atoms in total. The van der Waals surface area contributed by atoms with Crippen LogP contribution in [-0.2, 0) is 22.6 Å². The molecule has 1 atom stereocenters. The smallest absolute Gasteiger partial charge is 0.355 e. The second kappa shape index (κ2) is 10.5. The molecule has 31 heavy (non-hydrogen) atoms. The number of carbonyl (C=O) groups is 3. The summed E-state index contributed by atoms with van der Waals surface area (Å²) in [4.78, 5) is 40.7. The molecular weight excluding hydrogens is 396 g/mol. The third-order valence-electron chi connectivity index (χ3n) is 5.45. The minimum Gasteiger partial charge on any atom is -0.467 e. The predicted molar refractivity (Wildman–Crippen MR) is 118 cm³/mol. The molecule has 0 aliphatic rings. The molecule has 0 aliphatic heterocycles. The van der Waals surface area contributed by atoms with E-state index in [1.165, 1.54) is 0 Å². The van der Waals surface area contributed by atoms with Gasteiger partial charge in [0.05, 0.1) is 25.5 Å². The van der Waals surface area contributed by atoms with E-state index in [1.54, 1.807) is 48.6 Å². The van der Waals surface area contributed by atoms with E-state index in [0.29, 0.717) is 41.2 Å². The van der Waals surface area contributed by atoms with Gasteiger partial charge in [0.25, 0.3) is 0 Å². The molecule has 0 aromatic carbocycles. The molecular formula is C24H34N2O5. The summed E-state index contributed by atoms with van der Waals surface area (Å²) in [5.41, 5.74) is 2.15. The molecule has 0 bridgehead atoms. The average molecular weight is 431 g/mol. The Bertz CT molecular complexity index is 924. The molecule has 0 aliphatic carbocycles. The Morgan fingerprint density at radius 1 is 1.16 bits per heavy atom. The lowest BCUT2D eigenvalue weighted by molar-refractivity contribution is -0.134. The van der Waals surface area contributed by atoms with Crippen molar-refractivity contribution in [2.45, 2.75) is 74.0 Å². The molecule has 0 saturated heterocycles. The van der Waals surface area contributed by atoms with Crippen molar-refractivity contribution < 1.29 is 23.5 Å². The van der Waals surface area contributed by atoms with E-state index in [4.69, 9.17) is 9.15 Å². The van der Waals surface area contributed by atoms with E-state index < -0.39 is 12.0 Å². The number of furan rings is 1. The fourth-order valence-corrected chi connectivity index (χ4v) is 3.94. The van der Waals surface area contributed by atoms with E-state index in [0.717, 1.165) is 0 Å². The van der Waals surface area contributed by atoms with E-state index in [9.17, 15) is 14.4 Å². The highest BCUT2D eigenvalue weighted by atomic mass is 16.5. The number of ether oxygens (including phenoxy) is 1. The van der Waals surface area contributed by atoms with Gasteiger partial charge in [0, 0.05) is 24.2 Å². The van der Waals surface area contributed by atoms with Gasteiger partial charge in [-0.2, -0.15) is 0 Å². The zero-order chi connectivity index (χ0) is 23.3. The Balaban J connectivity index is 2.46. The Kier molecular flexibility index (Phi) is 8.25. The summed E-state index contributed by atoms with van der Waals surface area (Å²) >= 11 is 0. The molecule has 2 heterocycles. The monoisotopic (exact) mass is 430 g/mol. The first-order valence-corrected chi connectivity index (χ1v) is 10.9. The zero-order valence-corrected chi connectivity index (χ0v) is 19.7. The van der Waals surface area contributed by atoms with E-state index in [-0.39, 0.29) is 30.8 Å². The number of hydrogen-bond acceptors (Lipinski definition) is 5. The maximum Gasteiger partial charge on any atom is 0.355 e. The lowest BCUT2D eigenvalue weighted by atomic mass is 9.99. The zero-order valence-electron chi connectivity index (χ0n) is 19.7. The number of nitrogens with zero attached hydrogens (tertiary/aromatic N) is 2. The van der Waals surface area contributed by atoms with Crippen molar-refractivity contribution >= 4 is 17.7 Å². The van der Waals surface area contributed by atoms with Gasteiger partial charge in [-0.25, -0.2) is 4.79 Å². The van der Waals surface area contributed by atoms with Gasteiger partial charge in [0.15, 0.2) is 5.78 Å². The number of ketones is 1. The average Bonchev–Trinajstić information content (AvgIpc) is 3.30. The van der Waals surface area contributed by atoms with Gasteiger partial charge >= 0.3 is 5.97 Å². The Labute approximate surface area is 184 Å². The maximum atomic E-state index is 13.6. The molecule has 1 amide bonds. The molecule has 2 aromatic heterocycles. The van der Waals surface area contributed by atoms with Crippen LogP contribution in [0.5, 0.6) is 0 Å². The van der Waals surface area contributed by atoms with Gasteiger partial charge in [-0.15, -0.1) is 0 Å². The van der Waals surface area contributed by atoms with E-state index >= 15 is 0 Å². The summed E-state index contributed by atoms with van der Waals surface area (Å²) in [6.07, 6.45) is 1.88. The quantitative estimate of drug-likeness (QED) is 0.408. The van der Waals surface area contributed by atoms with Crippen molar-refractivity contribution in [1.29, 1.82) is 0 Å². The first kappa shape index (κ1) is 24.4. The fourth-order valence-electron chi connectivity index (χ4n) is 3.94. The van der Waals surface area contributed by atoms with E-state index in [2.05, 4.69) is 0 Å². The van der Waals surface area contributed by atoms with Crippen LogP contribution in [0.1, 0.15) is 78.9 Å². The molecule has 7 heteroatoms. The number of amides is 1. The second-order valence-electron chi connectivity index (χ2n) is 8.14. The summed E-state index contributed by atoms with van der Waals surface area (Å²) < 4.78 is 12.4. The second-order valence-corrected chi connectivity index (χ2v) is 8.14. The number of hydrogen-bond donors (Lipinski definition) is 0. The minimum atomic E-state index is -0.712. The van der Waals surface area contributed by atoms with E-state index in [1.807, 2.05) is 27.7 Å². The number of esters is 1. The molecule has 1 unspecified atom stereocenters. The highest BCUT2D eigenvalue weighted by Gasteiger charge is 2.33. The van der Waals surface area contributed by atoms with Gasteiger partial charge in [-0.1, -0.05) is 13.8 Å². The first-order valence-electron chi connectivity index (χ1n) is 10.9. The number of carbonyl (C=O) groups excluding carboxylic acids is 3. The van der Waals surface area contributed by atoms with Crippen LogP contribution in [0.4, 0.5) is 0 Å². The van der Waals surface area contributed by atoms with Crippen LogP contribution in [0.25, 0.3) is 0 Å². The van der Waals surface area contributed by atoms with Crippen LogP contribution in [0.3, 0.4) is 0 Å². The van der Waals surface area contributed by atoms with Crippen LogP contribution < -0.4 is 0 Å². The van der Waals surface area contributed by atoms with Crippen LogP contribution in [0, 0.1) is 19.8 Å². The van der Waals surface area contributed by atoms with Crippen LogP contribution in [-0.4, -0.2) is 39.8 Å². The van der Waals surface area contributed by atoms with Crippen LogP contribution >= 0.6 is 0 Å². The highest BCUT2D eigenvalue weighted by Crippen LogP contribution is 2.26. The van der Waals surface area contributed by atoms with Gasteiger partial charge in [0.2, 0.25) is 5.91 Å². The molecule has 0 spiro atoms. The third kappa shape index (κ3) is 5.27. The van der Waals surface area contributed by atoms with Crippen molar-refractivity contribution in [2.75, 3.05) is 6.61 Å². The van der Waals surface area contributed by atoms with Crippen molar-refractivity contribution in [3.05, 3.63) is 46.7 Å². The summed E-state index contributed by atoms with van der Waals surface area (Å²) in [5, 5.41) is 0. The molecule has 2 rings (SSSR count).